The lowest BCUT2D eigenvalue weighted by Crippen LogP contribution is -2.32. The Morgan fingerprint density at radius 2 is 2.16 bits per heavy atom. The third-order valence-corrected chi connectivity index (χ3v) is 3.53. The van der Waals surface area contributed by atoms with E-state index in [1.54, 1.807) is 0 Å². The molecule has 1 unspecified atom stereocenters. The molecule has 0 bridgehead atoms. The Kier molecular flexibility index (Phi) is 5.16. The van der Waals surface area contributed by atoms with Crippen molar-refractivity contribution in [1.29, 1.82) is 0 Å². The third-order valence-electron chi connectivity index (χ3n) is 3.08. The van der Waals surface area contributed by atoms with Crippen LogP contribution in [0.4, 0.5) is 8.78 Å². The standard InChI is InChI=1S/C14H18BrF2NO/c1-2-3-11(8-18-10-4-5-10)19-13-7-9(15)6-12(16)14(13)17/h6-7,10-11,18H,2-5,8H2,1H3. The highest BCUT2D eigenvalue weighted by Crippen LogP contribution is 2.27. The maximum atomic E-state index is 13.7. The van der Waals surface area contributed by atoms with E-state index in [1.807, 2.05) is 6.92 Å². The number of nitrogens with one attached hydrogen (secondary N) is 1. The molecule has 2 nitrogen and oxygen atoms in total. The molecule has 1 aliphatic rings. The summed E-state index contributed by atoms with van der Waals surface area (Å²) in [6.07, 6.45) is 4.01. The zero-order valence-electron chi connectivity index (χ0n) is 10.9. The SMILES string of the molecule is CCCC(CNC1CC1)Oc1cc(Br)cc(F)c1F. The third kappa shape index (κ3) is 4.42. The molecule has 0 amide bonds. The summed E-state index contributed by atoms with van der Waals surface area (Å²) in [6, 6.07) is 3.14. The van der Waals surface area contributed by atoms with Crippen molar-refractivity contribution >= 4 is 15.9 Å². The van der Waals surface area contributed by atoms with Crippen LogP contribution in [0.1, 0.15) is 32.6 Å². The van der Waals surface area contributed by atoms with Crippen LogP contribution in [0.25, 0.3) is 0 Å². The van der Waals surface area contributed by atoms with E-state index in [-0.39, 0.29) is 11.9 Å². The van der Waals surface area contributed by atoms with Crippen LogP contribution in [0.2, 0.25) is 0 Å². The number of rotatable bonds is 7. The number of ether oxygens (including phenoxy) is 1. The van der Waals surface area contributed by atoms with Gasteiger partial charge in [0.1, 0.15) is 6.10 Å². The molecule has 1 aromatic carbocycles. The first-order chi connectivity index (χ1) is 9.10. The fraction of sp³-hybridized carbons (Fsp3) is 0.571. The largest absolute Gasteiger partial charge is 0.486 e. The summed E-state index contributed by atoms with van der Waals surface area (Å²) in [7, 11) is 0. The number of hydrogen-bond donors (Lipinski definition) is 1. The first-order valence-corrected chi connectivity index (χ1v) is 7.44. The fourth-order valence-electron chi connectivity index (χ4n) is 1.91. The van der Waals surface area contributed by atoms with Gasteiger partial charge in [-0.15, -0.1) is 0 Å². The lowest BCUT2D eigenvalue weighted by atomic mass is 10.2. The number of halogens is 3. The van der Waals surface area contributed by atoms with Crippen molar-refractivity contribution in [2.75, 3.05) is 6.54 Å². The van der Waals surface area contributed by atoms with Crippen molar-refractivity contribution in [3.8, 4) is 5.75 Å². The Bertz CT molecular complexity index is 438. The van der Waals surface area contributed by atoms with Gasteiger partial charge in [-0.1, -0.05) is 29.3 Å². The van der Waals surface area contributed by atoms with Gasteiger partial charge in [-0.05, 0) is 31.4 Å². The second-order valence-corrected chi connectivity index (χ2v) is 5.83. The average molecular weight is 334 g/mol. The average Bonchev–Trinajstić information content (AvgIpc) is 3.16. The summed E-state index contributed by atoms with van der Waals surface area (Å²) in [4.78, 5) is 0. The first-order valence-electron chi connectivity index (χ1n) is 6.64. The maximum absolute atomic E-state index is 13.7. The van der Waals surface area contributed by atoms with E-state index in [1.165, 1.54) is 18.9 Å². The summed E-state index contributed by atoms with van der Waals surface area (Å²) in [6.45, 7) is 2.72. The summed E-state index contributed by atoms with van der Waals surface area (Å²) in [5, 5.41) is 3.36. The summed E-state index contributed by atoms with van der Waals surface area (Å²) in [5.74, 6) is -1.84. The fourth-order valence-corrected chi connectivity index (χ4v) is 2.32. The molecule has 1 fully saturated rings. The number of hydrogen-bond acceptors (Lipinski definition) is 2. The van der Waals surface area contributed by atoms with E-state index >= 15 is 0 Å². The van der Waals surface area contributed by atoms with E-state index in [4.69, 9.17) is 4.74 Å². The molecule has 1 atom stereocenters. The van der Waals surface area contributed by atoms with Gasteiger partial charge in [-0.2, -0.15) is 4.39 Å². The summed E-state index contributed by atoms with van der Waals surface area (Å²) >= 11 is 3.15. The molecule has 0 aliphatic heterocycles. The molecule has 0 radical (unpaired) electrons. The van der Waals surface area contributed by atoms with Crippen LogP contribution in [-0.4, -0.2) is 18.7 Å². The van der Waals surface area contributed by atoms with E-state index in [0.717, 1.165) is 18.9 Å². The quantitative estimate of drug-likeness (QED) is 0.761. The highest BCUT2D eigenvalue weighted by molar-refractivity contribution is 9.10. The molecule has 1 N–H and O–H groups in total. The van der Waals surface area contributed by atoms with Crippen LogP contribution in [-0.2, 0) is 0 Å². The minimum absolute atomic E-state index is 0.0251. The Balaban J connectivity index is 2.02. The van der Waals surface area contributed by atoms with E-state index in [0.29, 0.717) is 17.1 Å². The zero-order valence-corrected chi connectivity index (χ0v) is 12.5. The Morgan fingerprint density at radius 3 is 2.79 bits per heavy atom. The molecule has 1 aliphatic carbocycles. The monoisotopic (exact) mass is 333 g/mol. The van der Waals surface area contributed by atoms with Crippen LogP contribution in [0, 0.1) is 11.6 Å². The molecular formula is C14H18BrF2NO. The zero-order chi connectivity index (χ0) is 13.8. The van der Waals surface area contributed by atoms with Gasteiger partial charge in [-0.25, -0.2) is 4.39 Å². The molecule has 1 saturated carbocycles. The van der Waals surface area contributed by atoms with Crippen molar-refractivity contribution < 1.29 is 13.5 Å². The van der Waals surface area contributed by atoms with Gasteiger partial charge in [-0.3, -0.25) is 0 Å². The van der Waals surface area contributed by atoms with Gasteiger partial charge in [0, 0.05) is 17.1 Å². The predicted octanol–water partition coefficient (Wildman–Crippen LogP) is 4.03. The molecule has 0 spiro atoms. The minimum Gasteiger partial charge on any atom is -0.486 e. The van der Waals surface area contributed by atoms with Crippen LogP contribution < -0.4 is 10.1 Å². The van der Waals surface area contributed by atoms with Gasteiger partial charge < -0.3 is 10.1 Å². The van der Waals surface area contributed by atoms with Crippen molar-refractivity contribution in [3.63, 3.8) is 0 Å². The molecule has 106 valence electrons. The second kappa shape index (κ2) is 6.66. The topological polar surface area (TPSA) is 21.3 Å². The molecule has 2 rings (SSSR count). The normalized spacial score (nSPS) is 16.4. The lowest BCUT2D eigenvalue weighted by molar-refractivity contribution is 0.176. The molecule has 19 heavy (non-hydrogen) atoms. The van der Waals surface area contributed by atoms with E-state index in [9.17, 15) is 8.78 Å². The van der Waals surface area contributed by atoms with Crippen molar-refractivity contribution in [1.82, 2.24) is 5.32 Å². The van der Waals surface area contributed by atoms with Gasteiger partial charge in [0.05, 0.1) is 0 Å². The maximum Gasteiger partial charge on any atom is 0.200 e. The summed E-state index contributed by atoms with van der Waals surface area (Å²) in [5.41, 5.74) is 0. The lowest BCUT2D eigenvalue weighted by Gasteiger charge is -2.20. The predicted molar refractivity (Wildman–Crippen MR) is 74.4 cm³/mol. The van der Waals surface area contributed by atoms with E-state index < -0.39 is 11.6 Å². The molecule has 0 heterocycles. The van der Waals surface area contributed by atoms with Crippen molar-refractivity contribution in [2.24, 2.45) is 0 Å². The molecule has 0 saturated heterocycles. The second-order valence-electron chi connectivity index (χ2n) is 4.91. The Morgan fingerprint density at radius 1 is 1.42 bits per heavy atom. The smallest absolute Gasteiger partial charge is 0.200 e. The van der Waals surface area contributed by atoms with E-state index in [2.05, 4.69) is 21.2 Å². The van der Waals surface area contributed by atoms with Gasteiger partial charge >= 0.3 is 0 Å². The molecule has 0 aromatic heterocycles. The summed E-state index contributed by atoms with van der Waals surface area (Å²) < 4.78 is 33.0. The van der Waals surface area contributed by atoms with Crippen LogP contribution in [0.5, 0.6) is 5.75 Å². The first kappa shape index (κ1) is 14.7. The Hall–Kier alpha value is -0.680. The molecule has 1 aromatic rings. The molecule has 5 heteroatoms. The van der Waals surface area contributed by atoms with Crippen molar-refractivity contribution in [3.05, 3.63) is 28.2 Å². The van der Waals surface area contributed by atoms with Gasteiger partial charge in [0.25, 0.3) is 0 Å². The number of benzene rings is 1. The highest BCUT2D eigenvalue weighted by Gasteiger charge is 2.23. The molecular weight excluding hydrogens is 316 g/mol. The van der Waals surface area contributed by atoms with Gasteiger partial charge in [0.15, 0.2) is 11.6 Å². The van der Waals surface area contributed by atoms with Gasteiger partial charge in [0.2, 0.25) is 5.82 Å². The van der Waals surface area contributed by atoms with Crippen LogP contribution in [0.15, 0.2) is 16.6 Å². The Labute approximate surface area is 120 Å². The van der Waals surface area contributed by atoms with Crippen molar-refractivity contribution in [2.45, 2.75) is 44.8 Å². The van der Waals surface area contributed by atoms with Crippen LogP contribution >= 0.6 is 15.9 Å². The minimum atomic E-state index is -0.921. The highest BCUT2D eigenvalue weighted by atomic mass is 79.9. The van der Waals surface area contributed by atoms with Crippen LogP contribution in [0.3, 0.4) is 0 Å².